The van der Waals surface area contributed by atoms with Gasteiger partial charge in [0, 0.05) is 36.2 Å². The number of rotatable bonds is 8. The predicted octanol–water partition coefficient (Wildman–Crippen LogP) is 5.09. The third-order valence-corrected chi connectivity index (χ3v) is 7.66. The highest BCUT2D eigenvalue weighted by Crippen LogP contribution is 2.40. The van der Waals surface area contributed by atoms with Crippen molar-refractivity contribution < 1.29 is 24.2 Å². The number of aliphatic hydroxyl groups is 1. The van der Waals surface area contributed by atoms with Crippen molar-refractivity contribution in [3.05, 3.63) is 105 Å². The molecule has 0 bridgehead atoms. The highest BCUT2D eigenvalue weighted by atomic mass is 79.9. The Morgan fingerprint density at radius 2 is 1.77 bits per heavy atom. The molecule has 3 aromatic carbocycles. The number of nitrogens with zero attached hydrogens (tertiary/aromatic N) is 2. The standard InChI is InChI=1S/C31H31BrN2O5/c1-21-18-25(39-20-22-6-3-2-4-7-22)10-11-26(21)29(35)27-28(23-8-5-9-24(32)19-23)34(31(37)30(27)36)13-12-33-14-16-38-17-15-33/h2-11,18-19,28,35H,12-17,20H2,1H3/b29-27-. The fraction of sp³-hybridized carbons (Fsp3) is 0.290. The molecular weight excluding hydrogens is 560 g/mol. The predicted molar refractivity (Wildman–Crippen MR) is 152 cm³/mol. The topological polar surface area (TPSA) is 79.3 Å². The Morgan fingerprint density at radius 3 is 2.49 bits per heavy atom. The minimum absolute atomic E-state index is 0.0983. The van der Waals surface area contributed by atoms with Crippen LogP contribution in [-0.2, 0) is 20.9 Å². The van der Waals surface area contributed by atoms with Crippen molar-refractivity contribution in [1.82, 2.24) is 9.80 Å². The first-order chi connectivity index (χ1) is 18.9. The molecule has 1 amide bonds. The lowest BCUT2D eigenvalue weighted by Crippen LogP contribution is -2.42. The van der Waals surface area contributed by atoms with Crippen LogP contribution >= 0.6 is 15.9 Å². The number of ketones is 1. The summed E-state index contributed by atoms with van der Waals surface area (Å²) < 4.78 is 12.2. The Morgan fingerprint density at radius 1 is 1.00 bits per heavy atom. The number of morpholine rings is 1. The summed E-state index contributed by atoms with van der Waals surface area (Å²) in [6, 6.07) is 22.0. The van der Waals surface area contributed by atoms with Gasteiger partial charge in [-0.05, 0) is 53.9 Å². The molecule has 1 unspecified atom stereocenters. The van der Waals surface area contributed by atoms with Crippen molar-refractivity contribution in [1.29, 1.82) is 0 Å². The van der Waals surface area contributed by atoms with Crippen LogP contribution in [0, 0.1) is 6.92 Å². The van der Waals surface area contributed by atoms with E-state index in [2.05, 4.69) is 20.8 Å². The van der Waals surface area contributed by atoms with Crippen LogP contribution in [0.1, 0.15) is 28.3 Å². The molecule has 0 saturated carbocycles. The van der Waals surface area contributed by atoms with E-state index in [1.54, 1.807) is 17.0 Å². The highest BCUT2D eigenvalue weighted by Gasteiger charge is 2.46. The number of carbonyl (C=O) groups is 2. The van der Waals surface area contributed by atoms with Crippen LogP contribution in [0.2, 0.25) is 0 Å². The van der Waals surface area contributed by atoms with Gasteiger partial charge in [-0.3, -0.25) is 14.5 Å². The van der Waals surface area contributed by atoms with Gasteiger partial charge in [0.2, 0.25) is 0 Å². The van der Waals surface area contributed by atoms with Gasteiger partial charge in [0.1, 0.15) is 18.1 Å². The van der Waals surface area contributed by atoms with Crippen LogP contribution in [-0.4, -0.2) is 66.0 Å². The number of carbonyl (C=O) groups excluding carboxylic acids is 2. The summed E-state index contributed by atoms with van der Waals surface area (Å²) in [5.74, 6) is -0.805. The second kappa shape index (κ2) is 12.2. The fourth-order valence-corrected chi connectivity index (χ4v) is 5.50. The molecule has 202 valence electrons. The first-order valence-electron chi connectivity index (χ1n) is 13.0. The van der Waals surface area contributed by atoms with E-state index in [0.29, 0.717) is 44.2 Å². The lowest BCUT2D eigenvalue weighted by Gasteiger charge is -2.31. The van der Waals surface area contributed by atoms with E-state index in [1.807, 2.05) is 67.6 Å². The molecule has 3 aromatic rings. The number of hydrogen-bond acceptors (Lipinski definition) is 6. The van der Waals surface area contributed by atoms with E-state index in [0.717, 1.165) is 34.3 Å². The number of likely N-dealkylation sites (tertiary alicyclic amines) is 1. The number of halogens is 1. The average molecular weight is 592 g/mol. The lowest BCUT2D eigenvalue weighted by molar-refractivity contribution is -0.140. The second-order valence-corrected chi connectivity index (χ2v) is 10.7. The zero-order chi connectivity index (χ0) is 27.4. The average Bonchev–Trinajstić information content (AvgIpc) is 3.21. The first-order valence-corrected chi connectivity index (χ1v) is 13.8. The molecule has 39 heavy (non-hydrogen) atoms. The van der Waals surface area contributed by atoms with Crippen LogP contribution in [0.4, 0.5) is 0 Å². The molecule has 0 aliphatic carbocycles. The van der Waals surface area contributed by atoms with Crippen molar-refractivity contribution in [3.63, 3.8) is 0 Å². The summed E-state index contributed by atoms with van der Waals surface area (Å²) in [6.45, 7) is 6.12. The highest BCUT2D eigenvalue weighted by molar-refractivity contribution is 9.10. The van der Waals surface area contributed by atoms with E-state index in [-0.39, 0.29) is 11.3 Å². The molecule has 0 aromatic heterocycles. The summed E-state index contributed by atoms with van der Waals surface area (Å²) in [5, 5.41) is 11.5. The summed E-state index contributed by atoms with van der Waals surface area (Å²) in [7, 11) is 0. The van der Waals surface area contributed by atoms with Crippen LogP contribution < -0.4 is 4.74 Å². The minimum Gasteiger partial charge on any atom is -0.507 e. The number of ether oxygens (including phenoxy) is 2. The molecule has 2 fully saturated rings. The monoisotopic (exact) mass is 590 g/mol. The molecule has 2 aliphatic rings. The zero-order valence-electron chi connectivity index (χ0n) is 21.8. The Balaban J connectivity index is 1.46. The number of hydrogen-bond donors (Lipinski definition) is 1. The maximum absolute atomic E-state index is 13.4. The van der Waals surface area contributed by atoms with E-state index in [4.69, 9.17) is 9.47 Å². The van der Waals surface area contributed by atoms with Gasteiger partial charge in [0.05, 0.1) is 24.8 Å². The second-order valence-electron chi connectivity index (χ2n) is 9.75. The maximum Gasteiger partial charge on any atom is 0.295 e. The number of amides is 1. The Kier molecular flexibility index (Phi) is 8.45. The normalized spacial score (nSPS) is 19.4. The van der Waals surface area contributed by atoms with Crippen LogP contribution in [0.3, 0.4) is 0 Å². The molecule has 1 N–H and O–H groups in total. The third kappa shape index (κ3) is 6.08. The number of aliphatic hydroxyl groups excluding tert-OH is 1. The molecule has 7 nitrogen and oxygen atoms in total. The van der Waals surface area contributed by atoms with Gasteiger partial charge in [-0.15, -0.1) is 0 Å². The van der Waals surface area contributed by atoms with Crippen molar-refractivity contribution in [3.8, 4) is 5.75 Å². The summed E-state index contributed by atoms with van der Waals surface area (Å²) in [6.07, 6.45) is 0. The lowest BCUT2D eigenvalue weighted by atomic mass is 9.94. The summed E-state index contributed by atoms with van der Waals surface area (Å²) in [4.78, 5) is 30.5. The van der Waals surface area contributed by atoms with Crippen molar-refractivity contribution in [2.45, 2.75) is 19.6 Å². The van der Waals surface area contributed by atoms with Crippen LogP contribution in [0.15, 0.2) is 82.8 Å². The molecule has 2 aliphatic heterocycles. The van der Waals surface area contributed by atoms with Gasteiger partial charge in [-0.25, -0.2) is 0 Å². The van der Waals surface area contributed by atoms with E-state index >= 15 is 0 Å². The quantitative estimate of drug-likeness (QED) is 0.224. The van der Waals surface area contributed by atoms with E-state index < -0.39 is 17.7 Å². The van der Waals surface area contributed by atoms with Gasteiger partial charge in [0.15, 0.2) is 0 Å². The Hall–Kier alpha value is -3.46. The maximum atomic E-state index is 13.4. The van der Waals surface area contributed by atoms with Gasteiger partial charge in [-0.2, -0.15) is 0 Å². The Labute approximate surface area is 236 Å². The van der Waals surface area contributed by atoms with Gasteiger partial charge in [-0.1, -0.05) is 58.4 Å². The number of benzene rings is 3. The molecule has 0 spiro atoms. The molecule has 2 heterocycles. The molecule has 0 radical (unpaired) electrons. The number of Topliss-reactive ketones (excluding diaryl/α,β-unsaturated/α-hetero) is 1. The van der Waals surface area contributed by atoms with Gasteiger partial charge >= 0.3 is 0 Å². The van der Waals surface area contributed by atoms with Crippen molar-refractivity contribution in [2.24, 2.45) is 0 Å². The van der Waals surface area contributed by atoms with E-state index in [1.165, 1.54) is 0 Å². The molecule has 1 atom stereocenters. The number of aryl methyl sites for hydroxylation is 1. The zero-order valence-corrected chi connectivity index (χ0v) is 23.4. The Bertz CT molecular complexity index is 1380. The molecule has 5 rings (SSSR count). The van der Waals surface area contributed by atoms with Crippen LogP contribution in [0.5, 0.6) is 5.75 Å². The van der Waals surface area contributed by atoms with Crippen molar-refractivity contribution in [2.75, 3.05) is 39.4 Å². The summed E-state index contributed by atoms with van der Waals surface area (Å²) >= 11 is 3.51. The summed E-state index contributed by atoms with van der Waals surface area (Å²) in [5.41, 5.74) is 3.14. The molecule has 2 saturated heterocycles. The van der Waals surface area contributed by atoms with Crippen molar-refractivity contribution >= 4 is 33.4 Å². The minimum atomic E-state index is -0.697. The fourth-order valence-electron chi connectivity index (χ4n) is 5.09. The SMILES string of the molecule is Cc1cc(OCc2ccccc2)ccc1/C(O)=C1/C(=O)C(=O)N(CCN2CCOCC2)C1c1cccc(Br)c1. The first kappa shape index (κ1) is 27.1. The molecule has 8 heteroatoms. The molecular formula is C31H31BrN2O5. The van der Waals surface area contributed by atoms with Gasteiger partial charge < -0.3 is 19.5 Å². The largest absolute Gasteiger partial charge is 0.507 e. The smallest absolute Gasteiger partial charge is 0.295 e. The third-order valence-electron chi connectivity index (χ3n) is 7.17. The van der Waals surface area contributed by atoms with Crippen LogP contribution in [0.25, 0.3) is 5.76 Å². The van der Waals surface area contributed by atoms with E-state index in [9.17, 15) is 14.7 Å². The van der Waals surface area contributed by atoms with Gasteiger partial charge in [0.25, 0.3) is 11.7 Å².